The van der Waals surface area contributed by atoms with Crippen molar-refractivity contribution in [3.63, 3.8) is 0 Å². The summed E-state index contributed by atoms with van der Waals surface area (Å²) in [5.41, 5.74) is 0.736. The molecule has 0 spiro atoms. The lowest BCUT2D eigenvalue weighted by atomic mass is 9.93. The van der Waals surface area contributed by atoms with Crippen molar-refractivity contribution in [1.82, 2.24) is 9.88 Å². The molecular formula is C13H17BrN2O2. The van der Waals surface area contributed by atoms with E-state index in [4.69, 9.17) is 4.74 Å². The quantitative estimate of drug-likeness (QED) is 0.748. The van der Waals surface area contributed by atoms with E-state index in [9.17, 15) is 4.79 Å². The number of likely N-dealkylation sites (tertiary alicyclic amines) is 1. The zero-order valence-corrected chi connectivity index (χ0v) is 12.4. The van der Waals surface area contributed by atoms with Gasteiger partial charge in [-0.1, -0.05) is 6.07 Å². The maximum atomic E-state index is 11.8. The number of ether oxygens (including phenoxy) is 1. The summed E-state index contributed by atoms with van der Waals surface area (Å²) >= 11 is 3.31. The molecule has 1 fully saturated rings. The zero-order valence-electron chi connectivity index (χ0n) is 10.8. The van der Waals surface area contributed by atoms with Crippen molar-refractivity contribution in [1.29, 1.82) is 0 Å². The van der Waals surface area contributed by atoms with Gasteiger partial charge in [-0.3, -0.25) is 0 Å². The molecule has 0 radical (unpaired) electrons. The van der Waals surface area contributed by atoms with Crippen LogP contribution in [-0.4, -0.2) is 34.7 Å². The van der Waals surface area contributed by atoms with Gasteiger partial charge in [0.05, 0.1) is 0 Å². The second kappa shape index (κ2) is 4.88. The Labute approximate surface area is 115 Å². The van der Waals surface area contributed by atoms with Gasteiger partial charge in [0, 0.05) is 25.2 Å². The van der Waals surface area contributed by atoms with Gasteiger partial charge in [0.1, 0.15) is 10.2 Å². The third kappa shape index (κ3) is 3.22. The highest BCUT2D eigenvalue weighted by molar-refractivity contribution is 9.10. The van der Waals surface area contributed by atoms with Crippen LogP contribution >= 0.6 is 15.9 Å². The maximum absolute atomic E-state index is 11.8. The summed E-state index contributed by atoms with van der Waals surface area (Å²) in [6, 6.07) is 3.96. The molecule has 98 valence electrons. The van der Waals surface area contributed by atoms with Crippen LogP contribution in [0.5, 0.6) is 0 Å². The van der Waals surface area contributed by atoms with E-state index in [0.29, 0.717) is 19.0 Å². The van der Waals surface area contributed by atoms with Crippen molar-refractivity contribution >= 4 is 22.0 Å². The first-order valence-corrected chi connectivity index (χ1v) is 6.74. The number of carbonyl (C=O) groups is 1. The number of aromatic nitrogens is 1. The molecule has 1 aromatic rings. The van der Waals surface area contributed by atoms with Gasteiger partial charge in [0.25, 0.3) is 0 Å². The summed E-state index contributed by atoms with van der Waals surface area (Å²) in [6.07, 6.45) is 1.62. The number of amides is 1. The highest BCUT2D eigenvalue weighted by Gasteiger charge is 2.34. The number of nitrogens with zero attached hydrogens (tertiary/aromatic N) is 2. The Morgan fingerprint density at radius 2 is 2.11 bits per heavy atom. The van der Waals surface area contributed by atoms with Gasteiger partial charge in [-0.15, -0.1) is 0 Å². The summed E-state index contributed by atoms with van der Waals surface area (Å²) in [6.45, 7) is 7.04. The Balaban J connectivity index is 1.87. The molecule has 2 rings (SSSR count). The van der Waals surface area contributed by atoms with E-state index < -0.39 is 5.60 Å². The van der Waals surface area contributed by atoms with E-state index in [1.807, 2.05) is 39.1 Å². The molecule has 4 nitrogen and oxygen atoms in total. The molecule has 5 heteroatoms. The van der Waals surface area contributed by atoms with E-state index in [1.165, 1.54) is 0 Å². The number of carbonyl (C=O) groups excluding carboxylic acids is 1. The molecule has 1 saturated heterocycles. The topological polar surface area (TPSA) is 42.4 Å². The summed E-state index contributed by atoms with van der Waals surface area (Å²) in [5, 5.41) is 0. The Hall–Kier alpha value is -1.10. The highest BCUT2D eigenvalue weighted by atomic mass is 79.9. The molecule has 0 bridgehead atoms. The van der Waals surface area contributed by atoms with Crippen molar-refractivity contribution in [2.24, 2.45) is 0 Å². The van der Waals surface area contributed by atoms with Crippen LogP contribution in [0.1, 0.15) is 32.3 Å². The van der Waals surface area contributed by atoms with Crippen molar-refractivity contribution in [3.8, 4) is 0 Å². The second-order valence-electron chi connectivity index (χ2n) is 5.50. The molecule has 0 saturated carbocycles. The molecule has 1 amide bonds. The van der Waals surface area contributed by atoms with Gasteiger partial charge in [-0.25, -0.2) is 9.78 Å². The smallest absolute Gasteiger partial charge is 0.410 e. The first-order valence-electron chi connectivity index (χ1n) is 5.94. The van der Waals surface area contributed by atoms with Crippen LogP contribution in [0.2, 0.25) is 0 Å². The minimum absolute atomic E-state index is 0.233. The van der Waals surface area contributed by atoms with Crippen LogP contribution in [0.25, 0.3) is 0 Å². The highest BCUT2D eigenvalue weighted by Crippen LogP contribution is 2.28. The standard InChI is InChI=1S/C13H17BrN2O2/c1-13(2,3)18-12(17)16-7-10(8-16)9-4-5-11(14)15-6-9/h4-6,10H,7-8H2,1-3H3. The first-order chi connectivity index (χ1) is 8.35. The van der Waals surface area contributed by atoms with Crippen molar-refractivity contribution in [2.45, 2.75) is 32.3 Å². The Bertz CT molecular complexity index is 433. The van der Waals surface area contributed by atoms with Crippen LogP contribution in [0.4, 0.5) is 4.79 Å². The third-order valence-electron chi connectivity index (χ3n) is 2.75. The van der Waals surface area contributed by atoms with E-state index in [-0.39, 0.29) is 6.09 Å². The first kappa shape index (κ1) is 13.3. The van der Waals surface area contributed by atoms with Gasteiger partial charge in [0.2, 0.25) is 0 Å². The Morgan fingerprint density at radius 3 is 2.61 bits per heavy atom. The number of hydrogen-bond acceptors (Lipinski definition) is 3. The summed E-state index contributed by atoms with van der Waals surface area (Å²) in [4.78, 5) is 17.7. The van der Waals surface area contributed by atoms with Crippen LogP contribution in [0.3, 0.4) is 0 Å². The third-order valence-corrected chi connectivity index (χ3v) is 3.22. The molecule has 18 heavy (non-hydrogen) atoms. The van der Waals surface area contributed by atoms with E-state index in [2.05, 4.69) is 20.9 Å². The lowest BCUT2D eigenvalue weighted by molar-refractivity contribution is 0.00817. The largest absolute Gasteiger partial charge is 0.444 e. The van der Waals surface area contributed by atoms with Gasteiger partial charge in [0.15, 0.2) is 0 Å². The van der Waals surface area contributed by atoms with Crippen LogP contribution in [0.15, 0.2) is 22.9 Å². The Morgan fingerprint density at radius 1 is 1.44 bits per heavy atom. The number of rotatable bonds is 1. The van der Waals surface area contributed by atoms with E-state index >= 15 is 0 Å². The Kier molecular flexibility index (Phi) is 3.61. The van der Waals surface area contributed by atoms with Gasteiger partial charge in [-0.05, 0) is 48.3 Å². The molecule has 1 aliphatic rings. The van der Waals surface area contributed by atoms with Crippen molar-refractivity contribution in [3.05, 3.63) is 28.5 Å². The number of halogens is 1. The number of pyridine rings is 1. The molecule has 1 aromatic heterocycles. The predicted octanol–water partition coefficient (Wildman–Crippen LogP) is 3.18. The predicted molar refractivity (Wildman–Crippen MR) is 72.5 cm³/mol. The lowest BCUT2D eigenvalue weighted by Crippen LogP contribution is -2.50. The van der Waals surface area contributed by atoms with Gasteiger partial charge < -0.3 is 9.64 Å². The molecular weight excluding hydrogens is 296 g/mol. The average Bonchev–Trinajstić information content (AvgIpc) is 2.15. The summed E-state index contributed by atoms with van der Waals surface area (Å²) in [5.74, 6) is 0.373. The average molecular weight is 313 g/mol. The van der Waals surface area contributed by atoms with Gasteiger partial charge in [-0.2, -0.15) is 0 Å². The number of hydrogen-bond donors (Lipinski definition) is 0. The molecule has 0 unspecified atom stereocenters. The van der Waals surface area contributed by atoms with Crippen molar-refractivity contribution < 1.29 is 9.53 Å². The molecule has 0 N–H and O–H groups in total. The SMILES string of the molecule is CC(C)(C)OC(=O)N1CC(c2ccc(Br)nc2)C1. The summed E-state index contributed by atoms with van der Waals surface area (Å²) < 4.78 is 6.14. The maximum Gasteiger partial charge on any atom is 0.410 e. The molecule has 0 aliphatic carbocycles. The van der Waals surface area contributed by atoms with E-state index in [1.54, 1.807) is 4.90 Å². The van der Waals surface area contributed by atoms with E-state index in [0.717, 1.165) is 10.2 Å². The molecule has 0 aromatic carbocycles. The van der Waals surface area contributed by atoms with Crippen LogP contribution in [0, 0.1) is 0 Å². The van der Waals surface area contributed by atoms with Crippen LogP contribution in [-0.2, 0) is 4.74 Å². The molecule has 0 atom stereocenters. The zero-order chi connectivity index (χ0) is 13.3. The molecule has 1 aliphatic heterocycles. The fraction of sp³-hybridized carbons (Fsp3) is 0.538. The summed E-state index contributed by atoms with van der Waals surface area (Å²) in [7, 11) is 0. The minimum atomic E-state index is -0.429. The van der Waals surface area contributed by atoms with Gasteiger partial charge >= 0.3 is 6.09 Å². The fourth-order valence-electron chi connectivity index (χ4n) is 1.79. The normalized spacial score (nSPS) is 16.3. The molecule has 2 heterocycles. The second-order valence-corrected chi connectivity index (χ2v) is 6.31. The fourth-order valence-corrected chi connectivity index (χ4v) is 2.03. The van der Waals surface area contributed by atoms with Crippen LogP contribution < -0.4 is 0 Å². The van der Waals surface area contributed by atoms with Crippen molar-refractivity contribution in [2.75, 3.05) is 13.1 Å². The lowest BCUT2D eigenvalue weighted by Gasteiger charge is -2.39. The minimum Gasteiger partial charge on any atom is -0.444 e. The monoisotopic (exact) mass is 312 g/mol.